The molecule has 3 aromatic rings. The van der Waals surface area contributed by atoms with E-state index in [-0.39, 0.29) is 23.3 Å². The van der Waals surface area contributed by atoms with E-state index >= 15 is 0 Å². The molecule has 184 valence electrons. The summed E-state index contributed by atoms with van der Waals surface area (Å²) in [6.45, 7) is 3.15. The van der Waals surface area contributed by atoms with Gasteiger partial charge in [0.05, 0.1) is 18.0 Å². The summed E-state index contributed by atoms with van der Waals surface area (Å²) < 4.78 is 6.52. The molecule has 35 heavy (non-hydrogen) atoms. The largest absolute Gasteiger partial charge is 0.497 e. The fourth-order valence-corrected chi connectivity index (χ4v) is 5.21. The van der Waals surface area contributed by atoms with E-state index in [1.807, 2.05) is 4.90 Å². The standard InChI is InChI=1S/C25H30N6O4/c1-35-19-7-8-21-20(15-19)23(33)31(25(34)28-21)16-17-3-5-18(6-4-17)22(32)29-11-13-30(14-12-29)24-26-9-2-10-27-24/h2,7-10,15,17-18H,3-6,11-14,16H2,1H3,(H,28,34). The van der Waals surface area contributed by atoms with Crippen LogP contribution in [0.3, 0.4) is 0 Å². The molecule has 0 spiro atoms. The Kier molecular flexibility index (Phi) is 6.52. The zero-order valence-electron chi connectivity index (χ0n) is 19.9. The number of amides is 1. The lowest BCUT2D eigenvalue weighted by Crippen LogP contribution is -2.51. The molecule has 0 radical (unpaired) electrons. The highest BCUT2D eigenvalue weighted by Gasteiger charge is 2.32. The summed E-state index contributed by atoms with van der Waals surface area (Å²) in [6, 6.07) is 6.85. The maximum Gasteiger partial charge on any atom is 0.328 e. The third-order valence-corrected chi connectivity index (χ3v) is 7.25. The Morgan fingerprint density at radius 2 is 1.77 bits per heavy atom. The molecule has 2 aromatic heterocycles. The highest BCUT2D eigenvalue weighted by atomic mass is 16.5. The summed E-state index contributed by atoms with van der Waals surface area (Å²) in [6.07, 6.45) is 6.65. The van der Waals surface area contributed by atoms with Crippen molar-refractivity contribution in [1.29, 1.82) is 0 Å². The minimum absolute atomic E-state index is 0.00152. The Morgan fingerprint density at radius 3 is 2.46 bits per heavy atom. The molecule has 1 aromatic carbocycles. The molecule has 1 saturated heterocycles. The van der Waals surface area contributed by atoms with Gasteiger partial charge in [-0.2, -0.15) is 0 Å². The van der Waals surface area contributed by atoms with E-state index in [1.54, 1.807) is 43.8 Å². The van der Waals surface area contributed by atoms with Crippen LogP contribution in [-0.4, -0.2) is 63.6 Å². The zero-order chi connectivity index (χ0) is 24.4. The molecule has 0 atom stereocenters. The highest BCUT2D eigenvalue weighted by molar-refractivity contribution is 5.79. The molecule has 1 saturated carbocycles. The van der Waals surface area contributed by atoms with E-state index in [1.165, 1.54) is 4.57 Å². The van der Waals surface area contributed by atoms with Crippen molar-refractivity contribution in [3.05, 3.63) is 57.5 Å². The first-order valence-electron chi connectivity index (χ1n) is 12.1. The lowest BCUT2D eigenvalue weighted by Gasteiger charge is -2.37. The summed E-state index contributed by atoms with van der Waals surface area (Å²) >= 11 is 0. The Morgan fingerprint density at radius 1 is 1.06 bits per heavy atom. The van der Waals surface area contributed by atoms with Crippen molar-refractivity contribution in [2.75, 3.05) is 38.2 Å². The molecular weight excluding hydrogens is 448 g/mol. The van der Waals surface area contributed by atoms with Gasteiger partial charge in [-0.25, -0.2) is 14.8 Å². The first kappa shape index (κ1) is 23.1. The van der Waals surface area contributed by atoms with Crippen LogP contribution in [0.5, 0.6) is 5.75 Å². The molecule has 3 heterocycles. The van der Waals surface area contributed by atoms with Crippen molar-refractivity contribution in [3.63, 3.8) is 0 Å². The Balaban J connectivity index is 1.18. The van der Waals surface area contributed by atoms with Crippen LogP contribution in [0.15, 0.2) is 46.2 Å². The summed E-state index contributed by atoms with van der Waals surface area (Å²) in [5.41, 5.74) is -0.197. The number of aromatic nitrogens is 4. The van der Waals surface area contributed by atoms with Crippen molar-refractivity contribution >= 4 is 22.8 Å². The SMILES string of the molecule is COc1ccc2[nH]c(=O)n(CC3CCC(C(=O)N4CCN(c5ncccn5)CC4)CC3)c(=O)c2c1. The smallest absolute Gasteiger partial charge is 0.328 e. The molecule has 1 N–H and O–H groups in total. The molecule has 2 fully saturated rings. The number of methoxy groups -OCH3 is 1. The van der Waals surface area contributed by atoms with Gasteiger partial charge in [-0.3, -0.25) is 14.2 Å². The third-order valence-electron chi connectivity index (χ3n) is 7.25. The number of H-pyrrole nitrogens is 1. The first-order valence-corrected chi connectivity index (χ1v) is 12.1. The first-order chi connectivity index (χ1) is 17.0. The van der Waals surface area contributed by atoms with Gasteiger partial charge in [0.25, 0.3) is 5.56 Å². The topological polar surface area (TPSA) is 113 Å². The van der Waals surface area contributed by atoms with Crippen molar-refractivity contribution in [2.45, 2.75) is 32.2 Å². The average Bonchev–Trinajstić information content (AvgIpc) is 2.91. The molecule has 5 rings (SSSR count). The predicted octanol–water partition coefficient (Wildman–Crippen LogP) is 1.64. The number of aromatic amines is 1. The van der Waals surface area contributed by atoms with Gasteiger partial charge < -0.3 is 19.5 Å². The lowest BCUT2D eigenvalue weighted by molar-refractivity contribution is -0.137. The van der Waals surface area contributed by atoms with Gasteiger partial charge in [0.1, 0.15) is 5.75 Å². The lowest BCUT2D eigenvalue weighted by atomic mass is 9.81. The second kappa shape index (κ2) is 9.89. The van der Waals surface area contributed by atoms with E-state index in [4.69, 9.17) is 4.74 Å². The second-order valence-electron chi connectivity index (χ2n) is 9.34. The Labute approximate surface area is 202 Å². The molecule has 0 bridgehead atoms. The molecule has 0 unspecified atom stereocenters. The quantitative estimate of drug-likeness (QED) is 0.593. The molecule has 1 aliphatic heterocycles. The van der Waals surface area contributed by atoms with E-state index in [9.17, 15) is 14.4 Å². The van der Waals surface area contributed by atoms with Crippen LogP contribution in [-0.2, 0) is 11.3 Å². The summed E-state index contributed by atoms with van der Waals surface area (Å²) in [5.74, 6) is 1.68. The number of fused-ring (bicyclic) bond motifs is 1. The molecule has 2 aliphatic rings. The summed E-state index contributed by atoms with van der Waals surface area (Å²) in [7, 11) is 1.54. The molecule has 1 aliphatic carbocycles. The van der Waals surface area contributed by atoms with E-state index in [2.05, 4.69) is 19.9 Å². The minimum atomic E-state index is -0.397. The number of ether oxygens (including phenoxy) is 1. The zero-order valence-corrected chi connectivity index (χ0v) is 19.9. The number of carbonyl (C=O) groups is 1. The van der Waals surface area contributed by atoms with Gasteiger partial charge in [0, 0.05) is 51.0 Å². The van der Waals surface area contributed by atoms with Crippen LogP contribution < -0.4 is 20.9 Å². The monoisotopic (exact) mass is 478 g/mol. The van der Waals surface area contributed by atoms with Gasteiger partial charge in [-0.05, 0) is 55.9 Å². The average molecular weight is 479 g/mol. The van der Waals surface area contributed by atoms with Crippen LogP contribution in [0.1, 0.15) is 25.7 Å². The van der Waals surface area contributed by atoms with Crippen LogP contribution >= 0.6 is 0 Å². The fraction of sp³-hybridized carbons (Fsp3) is 0.480. The molecule has 1 amide bonds. The maximum atomic E-state index is 13.1. The van der Waals surface area contributed by atoms with Gasteiger partial charge >= 0.3 is 5.69 Å². The van der Waals surface area contributed by atoms with Crippen LogP contribution in [0, 0.1) is 11.8 Å². The third kappa shape index (κ3) is 4.78. The van der Waals surface area contributed by atoms with E-state index in [0.717, 1.165) is 38.8 Å². The second-order valence-corrected chi connectivity index (χ2v) is 9.34. The number of hydrogen-bond donors (Lipinski definition) is 1. The number of benzene rings is 1. The van der Waals surface area contributed by atoms with Crippen molar-refractivity contribution in [2.24, 2.45) is 11.8 Å². The molecular formula is C25H30N6O4. The van der Waals surface area contributed by atoms with Crippen molar-refractivity contribution in [1.82, 2.24) is 24.4 Å². The predicted molar refractivity (Wildman–Crippen MR) is 132 cm³/mol. The van der Waals surface area contributed by atoms with E-state index in [0.29, 0.717) is 42.2 Å². The van der Waals surface area contributed by atoms with Gasteiger partial charge in [-0.15, -0.1) is 0 Å². The van der Waals surface area contributed by atoms with Crippen molar-refractivity contribution < 1.29 is 9.53 Å². The van der Waals surface area contributed by atoms with Crippen molar-refractivity contribution in [3.8, 4) is 5.75 Å². The Hall–Kier alpha value is -3.69. The van der Waals surface area contributed by atoms with Crippen LogP contribution in [0.2, 0.25) is 0 Å². The number of nitrogens with one attached hydrogen (secondary N) is 1. The number of rotatable bonds is 5. The Bertz CT molecular complexity index is 1310. The number of anilines is 1. The fourth-order valence-electron chi connectivity index (χ4n) is 5.21. The van der Waals surface area contributed by atoms with Crippen LogP contribution in [0.25, 0.3) is 10.9 Å². The number of carbonyl (C=O) groups excluding carboxylic acids is 1. The summed E-state index contributed by atoms with van der Waals surface area (Å²) in [4.78, 5) is 54.2. The number of hydrogen-bond acceptors (Lipinski definition) is 7. The van der Waals surface area contributed by atoms with E-state index < -0.39 is 5.69 Å². The number of nitrogens with zero attached hydrogens (tertiary/aromatic N) is 5. The van der Waals surface area contributed by atoms with Crippen LogP contribution in [0.4, 0.5) is 5.95 Å². The highest BCUT2D eigenvalue weighted by Crippen LogP contribution is 2.31. The molecule has 10 nitrogen and oxygen atoms in total. The molecule has 10 heteroatoms. The maximum absolute atomic E-state index is 13.1. The minimum Gasteiger partial charge on any atom is -0.497 e. The van der Waals surface area contributed by atoms with Gasteiger partial charge in [0.2, 0.25) is 11.9 Å². The normalized spacial score (nSPS) is 20.7. The van der Waals surface area contributed by atoms with Gasteiger partial charge in [-0.1, -0.05) is 0 Å². The summed E-state index contributed by atoms with van der Waals surface area (Å²) in [5, 5.41) is 0.438. The number of piperazine rings is 1. The van der Waals surface area contributed by atoms with Gasteiger partial charge in [0.15, 0.2) is 0 Å².